The molecule has 32 heavy (non-hydrogen) atoms. The van der Waals surface area contributed by atoms with Gasteiger partial charge in [0, 0.05) is 38.3 Å². The highest BCUT2D eigenvalue weighted by molar-refractivity contribution is 5.91. The molecule has 2 aromatic rings. The summed E-state index contributed by atoms with van der Waals surface area (Å²) >= 11 is 0. The maximum Gasteiger partial charge on any atom is 0.233 e. The number of benzene rings is 2. The van der Waals surface area contributed by atoms with Crippen molar-refractivity contribution in [3.8, 4) is 0 Å². The van der Waals surface area contributed by atoms with Crippen LogP contribution < -0.4 is 0 Å². The lowest BCUT2D eigenvalue weighted by molar-refractivity contribution is -0.135. The van der Waals surface area contributed by atoms with Crippen LogP contribution in [0.3, 0.4) is 0 Å². The molecule has 1 amide bonds. The zero-order valence-electron chi connectivity index (χ0n) is 19.5. The predicted molar refractivity (Wildman–Crippen MR) is 127 cm³/mol. The molecule has 4 nitrogen and oxygen atoms in total. The third-order valence-corrected chi connectivity index (χ3v) is 7.02. The van der Waals surface area contributed by atoms with Gasteiger partial charge in [-0.25, -0.2) is 4.39 Å². The molecule has 0 N–H and O–H groups in total. The van der Waals surface area contributed by atoms with E-state index in [9.17, 15) is 9.18 Å². The Morgan fingerprint density at radius 3 is 2.47 bits per heavy atom. The zero-order valence-corrected chi connectivity index (χ0v) is 19.5. The molecular weight excluding hydrogens is 401 g/mol. The molecule has 1 saturated carbocycles. The summed E-state index contributed by atoms with van der Waals surface area (Å²) < 4.78 is 14.1. The number of hydrogen-bond donors (Lipinski definition) is 0. The summed E-state index contributed by atoms with van der Waals surface area (Å²) in [4.78, 5) is 20.4. The molecule has 1 aliphatic heterocycles. The number of nitrogens with zero attached hydrogens (tertiary/aromatic N) is 3. The summed E-state index contributed by atoms with van der Waals surface area (Å²) in [6, 6.07) is 17.4. The van der Waals surface area contributed by atoms with E-state index in [4.69, 9.17) is 0 Å². The molecule has 0 spiro atoms. The third-order valence-electron chi connectivity index (χ3n) is 7.02. The normalized spacial score (nSPS) is 20.3. The van der Waals surface area contributed by atoms with Gasteiger partial charge in [0.05, 0.1) is 5.41 Å². The minimum absolute atomic E-state index is 0.129. The van der Waals surface area contributed by atoms with Gasteiger partial charge in [0.25, 0.3) is 0 Å². The van der Waals surface area contributed by atoms with Crippen molar-refractivity contribution in [1.29, 1.82) is 0 Å². The number of likely N-dealkylation sites (tertiary alicyclic amines) is 1. The van der Waals surface area contributed by atoms with E-state index in [1.165, 1.54) is 6.07 Å². The maximum atomic E-state index is 14.1. The summed E-state index contributed by atoms with van der Waals surface area (Å²) in [6.45, 7) is 4.95. The lowest BCUT2D eigenvalue weighted by atomic mass is 9.92. The average molecular weight is 438 g/mol. The van der Waals surface area contributed by atoms with Crippen LogP contribution in [-0.2, 0) is 16.8 Å². The number of hydrogen-bond acceptors (Lipinski definition) is 3. The van der Waals surface area contributed by atoms with Crippen LogP contribution in [0.5, 0.6) is 0 Å². The molecule has 2 aliphatic rings. The van der Waals surface area contributed by atoms with Gasteiger partial charge in [0.2, 0.25) is 5.91 Å². The van der Waals surface area contributed by atoms with Crippen LogP contribution in [0.2, 0.25) is 0 Å². The number of halogens is 1. The van der Waals surface area contributed by atoms with Crippen LogP contribution in [0.25, 0.3) is 0 Å². The van der Waals surface area contributed by atoms with Crippen molar-refractivity contribution in [2.24, 2.45) is 5.92 Å². The van der Waals surface area contributed by atoms with E-state index in [0.29, 0.717) is 12.5 Å². The van der Waals surface area contributed by atoms with E-state index in [-0.39, 0.29) is 17.1 Å². The topological polar surface area (TPSA) is 26.8 Å². The highest BCUT2D eigenvalue weighted by Crippen LogP contribution is 2.49. The van der Waals surface area contributed by atoms with Gasteiger partial charge >= 0.3 is 0 Å². The van der Waals surface area contributed by atoms with Gasteiger partial charge in [-0.2, -0.15) is 0 Å². The second-order valence-corrected chi connectivity index (χ2v) is 9.84. The summed E-state index contributed by atoms with van der Waals surface area (Å²) in [5.41, 5.74) is 1.59. The Balaban J connectivity index is 1.44. The first-order valence-electron chi connectivity index (χ1n) is 11.9. The number of amides is 1. The number of carbonyl (C=O) groups excluding carboxylic acids is 1. The van der Waals surface area contributed by atoms with Crippen LogP contribution in [0.1, 0.15) is 36.8 Å². The summed E-state index contributed by atoms with van der Waals surface area (Å²) in [6.07, 6.45) is 4.10. The van der Waals surface area contributed by atoms with Crippen molar-refractivity contribution >= 4 is 5.91 Å². The van der Waals surface area contributed by atoms with Crippen molar-refractivity contribution in [1.82, 2.24) is 14.7 Å². The fourth-order valence-electron chi connectivity index (χ4n) is 5.03. The van der Waals surface area contributed by atoms with Gasteiger partial charge in [0.15, 0.2) is 0 Å². The minimum atomic E-state index is -0.324. The minimum Gasteiger partial charge on any atom is -0.340 e. The monoisotopic (exact) mass is 437 g/mol. The van der Waals surface area contributed by atoms with Gasteiger partial charge in [-0.3, -0.25) is 9.69 Å². The van der Waals surface area contributed by atoms with Gasteiger partial charge in [-0.1, -0.05) is 48.5 Å². The highest BCUT2D eigenvalue weighted by Gasteiger charge is 2.53. The van der Waals surface area contributed by atoms with E-state index in [1.807, 2.05) is 30.3 Å². The summed E-state index contributed by atoms with van der Waals surface area (Å²) in [5.74, 6) is 0.584. The third kappa shape index (κ3) is 5.38. The van der Waals surface area contributed by atoms with Gasteiger partial charge in [-0.05, 0) is 63.9 Å². The molecule has 0 bridgehead atoms. The lowest BCUT2D eigenvalue weighted by Gasteiger charge is -2.37. The van der Waals surface area contributed by atoms with Crippen molar-refractivity contribution < 1.29 is 9.18 Å². The molecule has 172 valence electrons. The SMILES string of the molecule is CN(C)CCN(C[C@H]1CCCN(Cc2ccccc2F)C1)C(=O)C1(c2ccccc2)CC1. The smallest absolute Gasteiger partial charge is 0.233 e. The van der Waals surface area contributed by atoms with Crippen molar-refractivity contribution in [2.45, 2.75) is 37.6 Å². The van der Waals surface area contributed by atoms with Crippen molar-refractivity contribution in [2.75, 3.05) is 46.8 Å². The van der Waals surface area contributed by atoms with Crippen molar-refractivity contribution in [3.05, 3.63) is 71.5 Å². The molecule has 0 aromatic heterocycles. The van der Waals surface area contributed by atoms with Crippen LogP contribution in [0.15, 0.2) is 54.6 Å². The van der Waals surface area contributed by atoms with Gasteiger partial charge in [-0.15, -0.1) is 0 Å². The van der Waals surface area contributed by atoms with E-state index >= 15 is 0 Å². The lowest BCUT2D eigenvalue weighted by Crippen LogP contribution is -2.47. The van der Waals surface area contributed by atoms with E-state index in [1.54, 1.807) is 6.07 Å². The Hall–Kier alpha value is -2.24. The van der Waals surface area contributed by atoms with Crippen molar-refractivity contribution in [3.63, 3.8) is 0 Å². The molecule has 4 rings (SSSR count). The first-order valence-corrected chi connectivity index (χ1v) is 11.9. The Labute approximate surface area is 192 Å². The Morgan fingerprint density at radius 2 is 1.78 bits per heavy atom. The first-order chi connectivity index (χ1) is 15.5. The fraction of sp³-hybridized carbons (Fsp3) is 0.519. The Kier molecular flexibility index (Phi) is 7.27. The van der Waals surface area contributed by atoms with Crippen LogP contribution in [0, 0.1) is 11.7 Å². The molecule has 2 fully saturated rings. The van der Waals surface area contributed by atoms with Crippen LogP contribution in [-0.4, -0.2) is 67.4 Å². The second-order valence-electron chi connectivity index (χ2n) is 9.84. The quantitative estimate of drug-likeness (QED) is 0.589. The number of piperidine rings is 1. The Morgan fingerprint density at radius 1 is 1.06 bits per heavy atom. The molecule has 0 radical (unpaired) electrons. The second kappa shape index (κ2) is 10.1. The van der Waals surface area contributed by atoms with E-state index in [2.05, 4.69) is 40.9 Å². The molecule has 1 atom stereocenters. The van der Waals surface area contributed by atoms with E-state index in [0.717, 1.165) is 69.5 Å². The summed E-state index contributed by atoms with van der Waals surface area (Å²) in [7, 11) is 4.12. The molecule has 1 saturated heterocycles. The molecule has 5 heteroatoms. The zero-order chi connectivity index (χ0) is 22.6. The number of rotatable bonds is 9. The fourth-order valence-corrected chi connectivity index (χ4v) is 5.03. The van der Waals surface area contributed by atoms with Gasteiger partial charge in [0.1, 0.15) is 5.82 Å². The summed E-state index contributed by atoms with van der Waals surface area (Å²) in [5, 5.41) is 0. The molecular formula is C27H36FN3O. The standard InChI is InChI=1S/C27H36FN3O/c1-29(2)17-18-31(26(32)27(14-15-27)24-11-4-3-5-12-24)20-22-9-8-16-30(19-22)21-23-10-6-7-13-25(23)28/h3-7,10-13,22H,8-9,14-21H2,1-2H3/t22-/m0/s1. The molecule has 2 aromatic carbocycles. The largest absolute Gasteiger partial charge is 0.340 e. The van der Waals surface area contributed by atoms with Crippen LogP contribution >= 0.6 is 0 Å². The van der Waals surface area contributed by atoms with Gasteiger partial charge < -0.3 is 9.80 Å². The number of likely N-dealkylation sites (N-methyl/N-ethyl adjacent to an activating group) is 1. The molecule has 0 unspecified atom stereocenters. The molecule has 1 aliphatic carbocycles. The Bertz CT molecular complexity index is 897. The highest BCUT2D eigenvalue weighted by atomic mass is 19.1. The first kappa shape index (κ1) is 22.9. The average Bonchev–Trinajstić information content (AvgIpc) is 3.61. The predicted octanol–water partition coefficient (Wildman–Crippen LogP) is 4.16. The number of carbonyl (C=O) groups is 1. The molecule has 1 heterocycles. The van der Waals surface area contributed by atoms with E-state index < -0.39 is 0 Å². The maximum absolute atomic E-state index is 14.1. The van der Waals surface area contributed by atoms with Crippen LogP contribution in [0.4, 0.5) is 4.39 Å².